The molecule has 0 radical (unpaired) electrons. The normalized spacial score (nSPS) is 32.8. The van der Waals surface area contributed by atoms with Crippen molar-refractivity contribution in [2.75, 3.05) is 51.3 Å². The summed E-state index contributed by atoms with van der Waals surface area (Å²) in [7, 11) is 1.72. The SMILES string of the molecule is COc1ccccc1N1CCN(CCOC(=O)NC23CC4CC(CC(C4)C2)C3)CC1. The molecule has 0 unspecified atom stereocenters. The number of alkyl carbamates (subject to hydrolysis) is 1. The van der Waals surface area contributed by atoms with E-state index >= 15 is 0 Å². The first-order chi connectivity index (χ1) is 14.6. The quantitative estimate of drug-likeness (QED) is 0.773. The van der Waals surface area contributed by atoms with Crippen LogP contribution in [0.4, 0.5) is 10.5 Å². The standard InChI is InChI=1S/C24H35N3O3/c1-29-22-5-3-2-4-21(22)27-8-6-26(7-9-27)10-11-30-23(28)25-24-15-18-12-19(16-24)14-20(13-18)17-24/h2-5,18-20H,6-17H2,1H3,(H,25,28). The third-order valence-corrected chi connectivity index (χ3v) is 7.84. The molecule has 30 heavy (non-hydrogen) atoms. The molecule has 4 saturated carbocycles. The van der Waals surface area contributed by atoms with Crippen molar-refractivity contribution >= 4 is 11.8 Å². The van der Waals surface area contributed by atoms with E-state index in [1.165, 1.54) is 38.5 Å². The Balaban J connectivity index is 1.05. The predicted molar refractivity (Wildman–Crippen MR) is 117 cm³/mol. The smallest absolute Gasteiger partial charge is 0.407 e. The minimum atomic E-state index is -0.204. The Morgan fingerprint density at radius 1 is 1.03 bits per heavy atom. The van der Waals surface area contributed by atoms with Crippen molar-refractivity contribution < 1.29 is 14.3 Å². The number of rotatable bonds is 6. The molecule has 6 rings (SSSR count). The Bertz CT molecular complexity index is 725. The number of nitrogens with zero attached hydrogens (tertiary/aromatic N) is 2. The summed E-state index contributed by atoms with van der Waals surface area (Å²) in [5, 5.41) is 3.30. The van der Waals surface area contributed by atoms with Gasteiger partial charge in [-0.15, -0.1) is 0 Å². The second kappa shape index (κ2) is 8.29. The highest BCUT2D eigenvalue weighted by Crippen LogP contribution is 2.55. The number of ether oxygens (including phenoxy) is 2. The number of nitrogens with one attached hydrogen (secondary N) is 1. The minimum absolute atomic E-state index is 0.0339. The third kappa shape index (κ3) is 4.11. The molecule has 1 aromatic rings. The van der Waals surface area contributed by atoms with Gasteiger partial charge in [-0.1, -0.05) is 12.1 Å². The second-order valence-corrected chi connectivity index (χ2v) is 9.96. The van der Waals surface area contributed by atoms with Gasteiger partial charge in [0.05, 0.1) is 12.8 Å². The average Bonchev–Trinajstić information content (AvgIpc) is 2.73. The highest BCUT2D eigenvalue weighted by molar-refractivity contribution is 5.68. The van der Waals surface area contributed by atoms with Crippen molar-refractivity contribution in [3.05, 3.63) is 24.3 Å². The van der Waals surface area contributed by atoms with E-state index in [1.807, 2.05) is 12.1 Å². The summed E-state index contributed by atoms with van der Waals surface area (Å²) in [6.07, 6.45) is 7.45. The zero-order valence-electron chi connectivity index (χ0n) is 18.1. The molecular weight excluding hydrogens is 378 g/mol. The third-order valence-electron chi connectivity index (χ3n) is 7.84. The van der Waals surface area contributed by atoms with Gasteiger partial charge in [0.25, 0.3) is 0 Å². The fourth-order valence-corrected chi connectivity index (χ4v) is 6.89. The van der Waals surface area contributed by atoms with E-state index in [2.05, 4.69) is 27.2 Å². The van der Waals surface area contributed by atoms with Gasteiger partial charge in [0.15, 0.2) is 0 Å². The molecule has 6 heteroatoms. The number of carbonyl (C=O) groups is 1. The molecule has 4 bridgehead atoms. The summed E-state index contributed by atoms with van der Waals surface area (Å²) in [6.45, 7) is 5.12. The lowest BCUT2D eigenvalue weighted by Crippen LogP contribution is -2.60. The average molecular weight is 414 g/mol. The van der Waals surface area contributed by atoms with Crippen LogP contribution in [0.1, 0.15) is 38.5 Å². The summed E-state index contributed by atoms with van der Waals surface area (Å²) in [6, 6.07) is 8.19. The summed E-state index contributed by atoms with van der Waals surface area (Å²) in [5.74, 6) is 3.42. The van der Waals surface area contributed by atoms with Crippen molar-refractivity contribution in [2.45, 2.75) is 44.1 Å². The molecule has 5 fully saturated rings. The second-order valence-electron chi connectivity index (χ2n) is 9.96. The van der Waals surface area contributed by atoms with Gasteiger partial charge in [-0.25, -0.2) is 4.79 Å². The summed E-state index contributed by atoms with van der Waals surface area (Å²) >= 11 is 0. The molecule has 1 saturated heterocycles. The van der Waals surface area contributed by atoms with Gasteiger partial charge in [-0.3, -0.25) is 4.90 Å². The van der Waals surface area contributed by atoms with Crippen LogP contribution in [0.2, 0.25) is 0 Å². The van der Waals surface area contributed by atoms with Crippen molar-refractivity contribution in [3.63, 3.8) is 0 Å². The van der Waals surface area contributed by atoms with Gasteiger partial charge < -0.3 is 19.7 Å². The van der Waals surface area contributed by atoms with E-state index in [1.54, 1.807) is 7.11 Å². The monoisotopic (exact) mass is 413 g/mol. The van der Waals surface area contributed by atoms with Crippen molar-refractivity contribution in [2.24, 2.45) is 17.8 Å². The van der Waals surface area contributed by atoms with Crippen LogP contribution < -0.4 is 15.0 Å². The maximum Gasteiger partial charge on any atom is 0.407 e. The number of para-hydroxylation sites is 2. The molecule has 1 aliphatic heterocycles. The van der Waals surface area contributed by atoms with Crippen LogP contribution in [0.25, 0.3) is 0 Å². The van der Waals surface area contributed by atoms with Gasteiger partial charge in [-0.05, 0) is 68.4 Å². The number of anilines is 1. The van der Waals surface area contributed by atoms with E-state index in [4.69, 9.17) is 9.47 Å². The first kappa shape index (κ1) is 20.0. The molecule has 5 aliphatic rings. The van der Waals surface area contributed by atoms with Crippen LogP contribution >= 0.6 is 0 Å². The molecule has 4 aliphatic carbocycles. The van der Waals surface area contributed by atoms with E-state index in [-0.39, 0.29) is 11.6 Å². The summed E-state index contributed by atoms with van der Waals surface area (Å²) in [4.78, 5) is 17.3. The fraction of sp³-hybridized carbons (Fsp3) is 0.708. The van der Waals surface area contributed by atoms with Gasteiger partial charge in [0, 0.05) is 38.3 Å². The largest absolute Gasteiger partial charge is 0.495 e. The number of piperazine rings is 1. The lowest BCUT2D eigenvalue weighted by molar-refractivity contribution is -0.0194. The highest BCUT2D eigenvalue weighted by atomic mass is 16.5. The fourth-order valence-electron chi connectivity index (χ4n) is 6.89. The maximum atomic E-state index is 12.5. The Morgan fingerprint density at radius 3 is 2.30 bits per heavy atom. The van der Waals surface area contributed by atoms with Crippen LogP contribution in [0, 0.1) is 17.8 Å². The first-order valence-corrected chi connectivity index (χ1v) is 11.7. The molecule has 164 valence electrons. The van der Waals surface area contributed by atoms with Crippen molar-refractivity contribution in [1.29, 1.82) is 0 Å². The van der Waals surface area contributed by atoms with Crippen LogP contribution in [-0.4, -0.2) is 63.0 Å². The topological polar surface area (TPSA) is 54.0 Å². The Hall–Kier alpha value is -1.95. The molecule has 0 spiro atoms. The number of methoxy groups -OCH3 is 1. The van der Waals surface area contributed by atoms with Gasteiger partial charge in [0.1, 0.15) is 12.4 Å². The van der Waals surface area contributed by atoms with E-state index in [0.29, 0.717) is 6.61 Å². The Labute approximate surface area is 179 Å². The van der Waals surface area contributed by atoms with Gasteiger partial charge in [-0.2, -0.15) is 0 Å². The number of hydrogen-bond donors (Lipinski definition) is 1. The molecular formula is C24H35N3O3. The van der Waals surface area contributed by atoms with Crippen LogP contribution in [-0.2, 0) is 4.74 Å². The number of carbonyl (C=O) groups excluding carboxylic acids is 1. The van der Waals surface area contributed by atoms with Crippen LogP contribution in [0.15, 0.2) is 24.3 Å². The summed E-state index contributed by atoms with van der Waals surface area (Å²) in [5.41, 5.74) is 1.19. The Kier molecular flexibility index (Phi) is 5.52. The van der Waals surface area contributed by atoms with E-state index in [9.17, 15) is 4.79 Å². The molecule has 1 N–H and O–H groups in total. The maximum absolute atomic E-state index is 12.5. The minimum Gasteiger partial charge on any atom is -0.495 e. The van der Waals surface area contributed by atoms with Crippen LogP contribution in [0.3, 0.4) is 0 Å². The lowest BCUT2D eigenvalue weighted by Gasteiger charge is -2.56. The van der Waals surface area contributed by atoms with Crippen LogP contribution in [0.5, 0.6) is 5.75 Å². The molecule has 1 aromatic carbocycles. The zero-order valence-corrected chi connectivity index (χ0v) is 18.1. The summed E-state index contributed by atoms with van der Waals surface area (Å²) < 4.78 is 11.1. The zero-order chi connectivity index (χ0) is 20.6. The highest BCUT2D eigenvalue weighted by Gasteiger charge is 2.51. The Morgan fingerprint density at radius 2 is 1.67 bits per heavy atom. The predicted octanol–water partition coefficient (Wildman–Crippen LogP) is 3.51. The van der Waals surface area contributed by atoms with E-state index < -0.39 is 0 Å². The molecule has 0 atom stereocenters. The van der Waals surface area contributed by atoms with Crippen molar-refractivity contribution in [3.8, 4) is 5.75 Å². The number of benzene rings is 1. The first-order valence-electron chi connectivity index (χ1n) is 11.7. The number of hydrogen-bond acceptors (Lipinski definition) is 5. The van der Waals surface area contributed by atoms with Crippen molar-refractivity contribution in [1.82, 2.24) is 10.2 Å². The lowest BCUT2D eigenvalue weighted by atomic mass is 9.53. The van der Waals surface area contributed by atoms with Gasteiger partial charge >= 0.3 is 6.09 Å². The number of amides is 1. The molecule has 0 aromatic heterocycles. The molecule has 6 nitrogen and oxygen atoms in total. The molecule has 1 heterocycles. The molecule has 1 amide bonds. The van der Waals surface area contributed by atoms with Gasteiger partial charge in [0.2, 0.25) is 0 Å². The van der Waals surface area contributed by atoms with E-state index in [0.717, 1.165) is 61.9 Å².